The minimum absolute atomic E-state index is 0.0465. The molecule has 1 fully saturated rings. The third-order valence-electron chi connectivity index (χ3n) is 9.49. The number of hydrogen-bond acceptors (Lipinski definition) is 7. The number of carbonyl (C=O) groups excluding carboxylic acids is 2. The number of amides is 1. The first-order valence-electron chi connectivity index (χ1n) is 17.6. The standard InChI is InChI=1S/C42H34F3N3O6S2/c43-42(44,45)31-16-15-28-23-38(48(37(28)24-31)56(53,54)34-13-3-1-4-14-34)39(49)35-25-32(47-19-5-2-6-20-47)17-18-36(35)46-40(50)29-10-7-9-27(21-29)26-55-33-12-8-11-30(22-33)41(51)52/h1,3-4,7-18,21-25H,2,5-6,19-20,26H2,(H,46,50)(H,51,52). The van der Waals surface area contributed by atoms with Crippen LogP contribution in [0.25, 0.3) is 10.9 Å². The second-order valence-corrected chi connectivity index (χ2v) is 16.1. The van der Waals surface area contributed by atoms with Crippen molar-refractivity contribution in [3.05, 3.63) is 155 Å². The van der Waals surface area contributed by atoms with Crippen LogP contribution in [-0.4, -0.2) is 48.2 Å². The first kappa shape index (κ1) is 38.4. The molecule has 1 aliphatic heterocycles. The number of ketones is 1. The average Bonchev–Trinajstić information content (AvgIpc) is 3.60. The van der Waals surface area contributed by atoms with E-state index in [4.69, 9.17) is 0 Å². The maximum Gasteiger partial charge on any atom is 0.416 e. The summed E-state index contributed by atoms with van der Waals surface area (Å²) in [6.07, 6.45) is -1.90. The number of nitrogens with zero attached hydrogens (tertiary/aromatic N) is 2. The molecular formula is C42H34F3N3O6S2. The third kappa shape index (κ3) is 8.07. The molecule has 0 unspecified atom stereocenters. The number of halogens is 3. The zero-order valence-electron chi connectivity index (χ0n) is 29.6. The Morgan fingerprint density at radius 3 is 2.23 bits per heavy atom. The molecule has 6 aromatic rings. The molecule has 0 radical (unpaired) electrons. The fourth-order valence-corrected chi connectivity index (χ4v) is 9.09. The fraction of sp³-hybridized carbons (Fsp3) is 0.167. The number of carbonyl (C=O) groups is 3. The Morgan fingerprint density at radius 1 is 0.768 bits per heavy atom. The fourth-order valence-electron chi connectivity index (χ4n) is 6.67. The molecule has 5 aromatic carbocycles. The van der Waals surface area contributed by atoms with Crippen LogP contribution < -0.4 is 10.2 Å². The van der Waals surface area contributed by atoms with Gasteiger partial charge in [-0.3, -0.25) is 9.59 Å². The number of aromatic nitrogens is 1. The summed E-state index contributed by atoms with van der Waals surface area (Å²) in [4.78, 5) is 42.6. The van der Waals surface area contributed by atoms with Crippen LogP contribution in [0.3, 0.4) is 0 Å². The molecule has 7 rings (SSSR count). The second kappa shape index (κ2) is 15.7. The Kier molecular flexibility index (Phi) is 10.8. The van der Waals surface area contributed by atoms with E-state index in [1.54, 1.807) is 60.7 Å². The molecular weight excluding hydrogens is 764 g/mol. The van der Waals surface area contributed by atoms with E-state index in [1.807, 2.05) is 6.07 Å². The number of carboxylic acids is 1. The lowest BCUT2D eigenvalue weighted by molar-refractivity contribution is -0.137. The highest BCUT2D eigenvalue weighted by Crippen LogP contribution is 2.36. The number of aromatic carboxylic acids is 1. The van der Waals surface area contributed by atoms with Crippen LogP contribution in [0.2, 0.25) is 0 Å². The van der Waals surface area contributed by atoms with Crippen molar-refractivity contribution in [2.75, 3.05) is 23.3 Å². The molecule has 286 valence electrons. The summed E-state index contributed by atoms with van der Waals surface area (Å²) in [6.45, 7) is 1.43. The summed E-state index contributed by atoms with van der Waals surface area (Å²) >= 11 is 1.40. The number of benzene rings is 5. The Hall–Kier alpha value is -5.86. The molecule has 2 heterocycles. The van der Waals surface area contributed by atoms with Crippen LogP contribution in [0.5, 0.6) is 0 Å². The van der Waals surface area contributed by atoms with Crippen molar-refractivity contribution < 1.29 is 41.1 Å². The van der Waals surface area contributed by atoms with Crippen molar-refractivity contribution in [3.63, 3.8) is 0 Å². The average molecular weight is 798 g/mol. The van der Waals surface area contributed by atoms with Crippen LogP contribution >= 0.6 is 11.8 Å². The first-order valence-corrected chi connectivity index (χ1v) is 20.1. The molecule has 1 amide bonds. The van der Waals surface area contributed by atoms with Crippen LogP contribution in [0.1, 0.15) is 67.2 Å². The summed E-state index contributed by atoms with van der Waals surface area (Å²) in [5, 5.41) is 12.3. The van der Waals surface area contributed by atoms with Crippen LogP contribution in [0.4, 0.5) is 24.5 Å². The van der Waals surface area contributed by atoms with Gasteiger partial charge < -0.3 is 15.3 Å². The zero-order chi connectivity index (χ0) is 39.6. The number of thioether (sulfide) groups is 1. The Bertz CT molecular complexity index is 2580. The molecule has 9 nitrogen and oxygen atoms in total. The van der Waals surface area contributed by atoms with Crippen LogP contribution in [0, 0.1) is 0 Å². The Balaban J connectivity index is 1.28. The van der Waals surface area contributed by atoms with E-state index in [0.29, 0.717) is 34.6 Å². The van der Waals surface area contributed by atoms with Gasteiger partial charge >= 0.3 is 12.1 Å². The molecule has 14 heteroatoms. The zero-order valence-corrected chi connectivity index (χ0v) is 31.3. The molecule has 56 heavy (non-hydrogen) atoms. The number of anilines is 2. The first-order chi connectivity index (χ1) is 26.8. The summed E-state index contributed by atoms with van der Waals surface area (Å²) in [5.41, 5.74) is 0.0885. The molecule has 0 bridgehead atoms. The van der Waals surface area contributed by atoms with Crippen molar-refractivity contribution in [1.82, 2.24) is 3.97 Å². The van der Waals surface area contributed by atoms with Gasteiger partial charge in [0.15, 0.2) is 0 Å². The molecule has 1 saturated heterocycles. The molecule has 0 spiro atoms. The lowest BCUT2D eigenvalue weighted by atomic mass is 10.0. The summed E-state index contributed by atoms with van der Waals surface area (Å²) in [6, 6.07) is 29.3. The lowest BCUT2D eigenvalue weighted by Gasteiger charge is -2.29. The topological polar surface area (TPSA) is 126 Å². The van der Waals surface area contributed by atoms with Crippen molar-refractivity contribution >= 4 is 61.7 Å². The molecule has 1 aromatic heterocycles. The predicted octanol–water partition coefficient (Wildman–Crippen LogP) is 9.36. The Morgan fingerprint density at radius 2 is 1.50 bits per heavy atom. The normalized spacial score (nSPS) is 13.4. The minimum atomic E-state index is -4.79. The molecule has 0 saturated carbocycles. The van der Waals surface area contributed by atoms with E-state index in [2.05, 4.69) is 10.2 Å². The molecule has 0 aliphatic carbocycles. The van der Waals surface area contributed by atoms with Crippen LogP contribution in [-0.2, 0) is 22.0 Å². The van der Waals surface area contributed by atoms with E-state index in [9.17, 15) is 41.1 Å². The monoisotopic (exact) mass is 797 g/mol. The summed E-state index contributed by atoms with van der Waals surface area (Å²) in [5.74, 6) is -1.99. The van der Waals surface area contributed by atoms with Gasteiger partial charge in [-0.15, -0.1) is 11.8 Å². The quantitative estimate of drug-likeness (QED) is 0.0982. The number of alkyl halides is 3. The number of carboxylic acid groups (broad SMARTS) is 1. The van der Waals surface area contributed by atoms with Gasteiger partial charge in [-0.05, 0) is 104 Å². The highest BCUT2D eigenvalue weighted by molar-refractivity contribution is 7.98. The molecule has 2 N–H and O–H groups in total. The van der Waals surface area contributed by atoms with Gasteiger partial charge in [0.2, 0.25) is 5.78 Å². The minimum Gasteiger partial charge on any atom is -0.478 e. The van der Waals surface area contributed by atoms with E-state index >= 15 is 0 Å². The highest BCUT2D eigenvalue weighted by atomic mass is 32.2. The third-order valence-corrected chi connectivity index (χ3v) is 12.3. The maximum absolute atomic E-state index is 14.8. The van der Waals surface area contributed by atoms with Crippen molar-refractivity contribution in [2.45, 2.75) is 41.0 Å². The number of nitrogens with one attached hydrogen (secondary N) is 1. The maximum atomic E-state index is 14.8. The number of fused-ring (bicyclic) bond motifs is 1. The van der Waals surface area contributed by atoms with Gasteiger partial charge in [0.1, 0.15) is 5.69 Å². The smallest absolute Gasteiger partial charge is 0.416 e. The van der Waals surface area contributed by atoms with Gasteiger partial charge in [-0.25, -0.2) is 17.2 Å². The second-order valence-electron chi connectivity index (χ2n) is 13.3. The van der Waals surface area contributed by atoms with Crippen molar-refractivity contribution in [3.8, 4) is 0 Å². The summed E-state index contributed by atoms with van der Waals surface area (Å²) < 4.78 is 70.9. The van der Waals surface area contributed by atoms with Gasteiger partial charge in [0.25, 0.3) is 15.9 Å². The van der Waals surface area contributed by atoms with E-state index in [-0.39, 0.29) is 38.2 Å². The van der Waals surface area contributed by atoms with Crippen molar-refractivity contribution in [2.24, 2.45) is 0 Å². The largest absolute Gasteiger partial charge is 0.478 e. The Labute approximate surface area is 324 Å². The van der Waals surface area contributed by atoms with E-state index in [1.165, 1.54) is 48.2 Å². The van der Waals surface area contributed by atoms with E-state index in [0.717, 1.165) is 41.9 Å². The van der Waals surface area contributed by atoms with Gasteiger partial charge in [0, 0.05) is 45.9 Å². The SMILES string of the molecule is O=C(O)c1cccc(SCc2cccc(C(=O)Nc3ccc(N4CCCCC4)cc3C(=O)c3cc4ccc(C(F)(F)F)cc4n3S(=O)(=O)c3ccccc3)c2)c1. The van der Waals surface area contributed by atoms with Gasteiger partial charge in [0.05, 0.1) is 27.2 Å². The van der Waals surface area contributed by atoms with Crippen LogP contribution in [0.15, 0.2) is 131 Å². The predicted molar refractivity (Wildman–Crippen MR) is 209 cm³/mol. The van der Waals surface area contributed by atoms with E-state index < -0.39 is 45.1 Å². The molecule has 1 aliphatic rings. The molecule has 0 atom stereocenters. The van der Waals surface area contributed by atoms with Gasteiger partial charge in [-0.2, -0.15) is 13.2 Å². The highest BCUT2D eigenvalue weighted by Gasteiger charge is 2.34. The number of piperidine rings is 1. The van der Waals surface area contributed by atoms with Crippen molar-refractivity contribution in [1.29, 1.82) is 0 Å². The number of rotatable bonds is 11. The lowest BCUT2D eigenvalue weighted by Crippen LogP contribution is -2.29. The van der Waals surface area contributed by atoms with Gasteiger partial charge in [-0.1, -0.05) is 42.5 Å². The number of hydrogen-bond donors (Lipinski definition) is 2. The summed E-state index contributed by atoms with van der Waals surface area (Å²) in [7, 11) is -4.62.